The van der Waals surface area contributed by atoms with Crippen molar-refractivity contribution in [1.29, 1.82) is 0 Å². The number of halogens is 2. The molecule has 4 fully saturated rings. The smallest absolute Gasteiger partial charge is 0.242 e. The number of nitrogens with zero attached hydrogens (tertiary/aromatic N) is 2. The van der Waals surface area contributed by atoms with Gasteiger partial charge in [-0.25, -0.2) is 23.1 Å². The van der Waals surface area contributed by atoms with E-state index in [9.17, 15) is 28.0 Å². The highest BCUT2D eigenvalue weighted by atomic mass is 19.1. The van der Waals surface area contributed by atoms with Crippen LogP contribution < -0.4 is 0 Å². The number of carbonyl (C=O) groups is 4. The van der Waals surface area contributed by atoms with Crippen molar-refractivity contribution in [3.8, 4) is 0 Å². The van der Waals surface area contributed by atoms with Gasteiger partial charge in [0.15, 0.2) is 23.1 Å². The van der Waals surface area contributed by atoms with Crippen molar-refractivity contribution in [3.05, 3.63) is 113 Å². The van der Waals surface area contributed by atoms with Gasteiger partial charge in [0.25, 0.3) is 0 Å². The van der Waals surface area contributed by atoms with Crippen molar-refractivity contribution in [2.24, 2.45) is 21.7 Å². The number of carbonyl (C=O) groups excluding carboxylic acids is 4. The first-order valence-electron chi connectivity index (χ1n) is 22.2. The summed E-state index contributed by atoms with van der Waals surface area (Å²) in [6.45, 7) is 15.2. The van der Waals surface area contributed by atoms with E-state index in [1.165, 1.54) is 38.5 Å². The topological polar surface area (TPSA) is 130 Å². The first-order valence-corrected chi connectivity index (χ1v) is 22.2. The number of ketones is 4. The third-order valence-electron chi connectivity index (χ3n) is 15.0. The fourth-order valence-corrected chi connectivity index (χ4v) is 10.9. The molecule has 0 radical (unpaired) electrons. The molecular formula is C51H59F2N2O10+. The number of benzene rings is 2. The average molecular weight is 898 g/mol. The van der Waals surface area contributed by atoms with Crippen LogP contribution in [-0.4, -0.2) is 101 Å². The van der Waals surface area contributed by atoms with Crippen molar-refractivity contribution >= 4 is 34.5 Å². The van der Waals surface area contributed by atoms with Crippen LogP contribution in [0.5, 0.6) is 0 Å². The molecule has 65 heavy (non-hydrogen) atoms. The molecule has 2 spiro atoms. The molecule has 12 nitrogen and oxygen atoms in total. The number of fused-ring (bicyclic) bond motifs is 2. The third-order valence-corrected chi connectivity index (χ3v) is 15.0. The quantitative estimate of drug-likeness (QED) is 0.118. The summed E-state index contributed by atoms with van der Waals surface area (Å²) in [7, 11) is 2.81. The third kappa shape index (κ3) is 7.09. The minimum Gasteiger partial charge on any atom is -0.371 e. The lowest BCUT2D eigenvalue weighted by Crippen LogP contribution is -2.68. The average Bonchev–Trinajstić information content (AvgIpc) is 3.29. The van der Waals surface area contributed by atoms with Crippen LogP contribution in [0.25, 0.3) is 5.70 Å². The van der Waals surface area contributed by atoms with Crippen LogP contribution in [0.3, 0.4) is 0 Å². The molecule has 2 aliphatic carbocycles. The Morgan fingerprint density at radius 2 is 1.03 bits per heavy atom. The highest BCUT2D eigenvalue weighted by Gasteiger charge is 2.70. The molecule has 4 aliphatic heterocycles. The van der Waals surface area contributed by atoms with E-state index in [2.05, 4.69) is 9.48 Å². The maximum atomic E-state index is 14.3. The van der Waals surface area contributed by atoms with Gasteiger partial charge >= 0.3 is 0 Å². The number of piperidine rings is 2. The Hall–Kier alpha value is -4.83. The van der Waals surface area contributed by atoms with Crippen molar-refractivity contribution < 1.29 is 61.6 Å². The Kier molecular flexibility index (Phi) is 11.4. The molecule has 2 aromatic carbocycles. The van der Waals surface area contributed by atoms with E-state index in [1.54, 1.807) is 91.8 Å². The van der Waals surface area contributed by atoms with Crippen LogP contribution in [0.15, 0.2) is 90.1 Å². The van der Waals surface area contributed by atoms with Crippen LogP contribution in [-0.2, 0) is 48.2 Å². The fourth-order valence-electron chi connectivity index (χ4n) is 10.9. The van der Waals surface area contributed by atoms with Crippen molar-refractivity contribution in [2.45, 2.75) is 104 Å². The SMILES string of the molecule is COC12OOC3(C=C1C(=O)C(C)(C)C(=O)C2(C)C)CCN(/C(=C/C=C/C(c1ccc(F)cc1)=[N+]1CCC2(C=C4C(=O)C(C)(C)C(=O)C(C)(C)C4(OC)OO2)CC1)c1ccc(F)cc1)CC3. The predicted octanol–water partition coefficient (Wildman–Crippen LogP) is 7.60. The molecule has 8 rings (SSSR count). The second kappa shape index (κ2) is 15.9. The van der Waals surface area contributed by atoms with E-state index in [1.807, 2.05) is 18.2 Å². The van der Waals surface area contributed by atoms with Gasteiger partial charge in [0, 0.05) is 70.3 Å². The van der Waals surface area contributed by atoms with E-state index in [4.69, 9.17) is 29.0 Å². The summed E-state index contributed by atoms with van der Waals surface area (Å²) in [6.07, 6.45) is 11.1. The summed E-state index contributed by atoms with van der Waals surface area (Å²) in [5.74, 6) is -5.48. The maximum absolute atomic E-state index is 14.3. The monoisotopic (exact) mass is 897 g/mol. The summed E-state index contributed by atoms with van der Waals surface area (Å²) in [5.41, 5.74) is -3.26. The van der Waals surface area contributed by atoms with Gasteiger partial charge < -0.3 is 14.4 Å². The highest BCUT2D eigenvalue weighted by Crippen LogP contribution is 2.57. The Bertz CT molecular complexity index is 2480. The standard InChI is InChI=1S/C51H59F2N2O10/c1-44(2)40(56)36-30-48(62-64-50(36,60-9)46(5,6)42(44)58)22-26-54(27-23-48)38(32-14-18-34(52)19-15-32)12-11-13-39(33-16-20-35(53)21-17-33)55-28-24-49(25-29-55)31-37-41(57)45(3,4)43(59)47(7,8)51(37,61-10)65-63-49/h11-21,30-31H,22-29H2,1-10H3/q+1. The van der Waals surface area contributed by atoms with Crippen LogP contribution in [0.1, 0.15) is 92.2 Å². The van der Waals surface area contributed by atoms with Gasteiger partial charge in [-0.05, 0) is 128 Å². The number of methoxy groups -OCH3 is 2. The molecule has 0 N–H and O–H groups in total. The number of Topliss-reactive ketones (excluding diaryl/α,β-unsaturated/α-hetero) is 4. The number of ether oxygens (including phenoxy) is 2. The van der Waals surface area contributed by atoms with Crippen LogP contribution in [0.2, 0.25) is 0 Å². The molecular weight excluding hydrogens is 839 g/mol. The summed E-state index contributed by atoms with van der Waals surface area (Å²) in [6, 6.07) is 12.5. The van der Waals surface area contributed by atoms with Gasteiger partial charge in [-0.2, -0.15) is 9.78 Å². The molecule has 2 saturated heterocycles. The second-order valence-electron chi connectivity index (χ2n) is 20.3. The molecule has 2 atom stereocenters. The van der Waals surface area contributed by atoms with E-state index < -0.39 is 44.4 Å². The molecule has 346 valence electrons. The highest BCUT2D eigenvalue weighted by molar-refractivity contribution is 6.20. The largest absolute Gasteiger partial charge is 0.371 e. The Morgan fingerprint density at radius 3 is 1.46 bits per heavy atom. The molecule has 0 bridgehead atoms. The minimum atomic E-state index is -1.70. The zero-order valence-electron chi connectivity index (χ0n) is 38.9. The van der Waals surface area contributed by atoms with Crippen molar-refractivity contribution in [1.82, 2.24) is 4.90 Å². The summed E-state index contributed by atoms with van der Waals surface area (Å²) in [5, 5.41) is 0. The number of likely N-dealkylation sites (tertiary alicyclic amines) is 1. The van der Waals surface area contributed by atoms with Gasteiger partial charge in [-0.15, -0.1) is 0 Å². The van der Waals surface area contributed by atoms with E-state index in [0.717, 1.165) is 22.5 Å². The van der Waals surface area contributed by atoms with Gasteiger partial charge in [0.1, 0.15) is 35.9 Å². The molecule has 4 heterocycles. The molecule has 2 aromatic rings. The molecule has 14 heteroatoms. The van der Waals surface area contributed by atoms with Crippen molar-refractivity contribution in [3.63, 3.8) is 0 Å². The van der Waals surface area contributed by atoms with Gasteiger partial charge in [-0.3, -0.25) is 19.2 Å². The molecule has 0 amide bonds. The number of rotatable bonds is 7. The van der Waals surface area contributed by atoms with Crippen molar-refractivity contribution in [2.75, 3.05) is 40.4 Å². The lowest BCUT2D eigenvalue weighted by atomic mass is 9.57. The summed E-state index contributed by atoms with van der Waals surface area (Å²) in [4.78, 5) is 81.6. The lowest BCUT2D eigenvalue weighted by Gasteiger charge is -2.55. The van der Waals surface area contributed by atoms with Gasteiger partial charge in [-0.1, -0.05) is 6.08 Å². The minimum absolute atomic E-state index is 0.271. The first kappa shape index (κ1) is 46.7. The Morgan fingerprint density at radius 1 is 0.615 bits per heavy atom. The molecule has 6 aliphatic rings. The summed E-state index contributed by atoms with van der Waals surface area (Å²) < 4.78 is 42.4. The zero-order chi connectivity index (χ0) is 47.2. The normalized spacial score (nSPS) is 30.3. The van der Waals surface area contributed by atoms with E-state index >= 15 is 0 Å². The van der Waals surface area contributed by atoms with E-state index in [-0.39, 0.29) is 45.9 Å². The zero-order valence-corrected chi connectivity index (χ0v) is 38.9. The predicted molar refractivity (Wildman–Crippen MR) is 235 cm³/mol. The number of hydrogen-bond donors (Lipinski definition) is 0. The molecule has 2 saturated carbocycles. The van der Waals surface area contributed by atoms with Gasteiger partial charge in [0.2, 0.25) is 17.3 Å². The Labute approximate surface area is 378 Å². The fraction of sp³-hybridized carbons (Fsp3) is 0.510. The summed E-state index contributed by atoms with van der Waals surface area (Å²) >= 11 is 0. The lowest BCUT2D eigenvalue weighted by molar-refractivity contribution is -0.561. The van der Waals surface area contributed by atoms with Crippen LogP contribution in [0, 0.1) is 33.3 Å². The van der Waals surface area contributed by atoms with Gasteiger partial charge in [0.05, 0.1) is 32.8 Å². The first-order chi connectivity index (χ1) is 30.5. The maximum Gasteiger partial charge on any atom is 0.242 e. The van der Waals surface area contributed by atoms with E-state index in [0.29, 0.717) is 51.9 Å². The Balaban J connectivity index is 1.10. The molecule has 2 unspecified atom stereocenters. The molecule has 0 aromatic heterocycles. The van der Waals surface area contributed by atoms with Crippen LogP contribution in [0.4, 0.5) is 8.78 Å². The number of allylic oxidation sites excluding steroid dienone is 3. The number of hydrogen-bond acceptors (Lipinski definition) is 11. The second-order valence-corrected chi connectivity index (χ2v) is 20.3. The van der Waals surface area contributed by atoms with Crippen LogP contribution >= 0.6 is 0 Å².